The smallest absolute Gasteiger partial charge is 0.356 e. The van der Waals surface area contributed by atoms with Crippen molar-refractivity contribution in [2.45, 2.75) is 51.3 Å². The van der Waals surface area contributed by atoms with Crippen LogP contribution >= 0.6 is 11.8 Å². The van der Waals surface area contributed by atoms with Crippen molar-refractivity contribution >= 4 is 35.4 Å². The normalized spacial score (nSPS) is 16.6. The number of terminal acetylenes is 1. The van der Waals surface area contributed by atoms with Gasteiger partial charge < -0.3 is 33.7 Å². The maximum absolute atomic E-state index is 13.8. The standard InChI is InChI=1S/C53H66N4O10S/c1-5-42-14-8-9-18-47(42)48(35-43-15-7-6-12-40(43)2)50(58)20-21-51(59)54-22-33-68-39-46-38-66-29-25-56(36-41-13-10-16-44(34-41)52(60)62-3)23-27-64-31-32-65-28-24-57(26-30-67-46)37-45-17-11-19-49(55-45)53(61)63-4/h1,6-19,34,46,48H,20-33,35-39H2,2-4H3,(H,54,59)/t46-,48?/m0/s1. The molecule has 15 heteroatoms. The van der Waals surface area contributed by atoms with Crippen molar-refractivity contribution in [1.29, 1.82) is 0 Å². The number of nitrogens with one attached hydrogen (secondary N) is 1. The summed E-state index contributed by atoms with van der Waals surface area (Å²) in [6.45, 7) is 8.94. The molecule has 1 amide bonds. The van der Waals surface area contributed by atoms with Crippen LogP contribution in [-0.4, -0.2) is 149 Å². The van der Waals surface area contributed by atoms with E-state index in [-0.39, 0.29) is 42.3 Å². The number of aryl methyl sites for hydroxylation is 1. The van der Waals surface area contributed by atoms with Gasteiger partial charge in [0.05, 0.1) is 77.8 Å². The van der Waals surface area contributed by atoms with E-state index in [9.17, 15) is 19.2 Å². The number of hydrogen-bond acceptors (Lipinski definition) is 14. The second-order valence-corrected chi connectivity index (χ2v) is 17.5. The minimum atomic E-state index is -0.495. The average molecular weight is 951 g/mol. The Hall–Kier alpha value is -5.44. The van der Waals surface area contributed by atoms with Crippen LogP contribution in [0.3, 0.4) is 0 Å². The highest BCUT2D eigenvalue weighted by molar-refractivity contribution is 7.99. The summed E-state index contributed by atoms with van der Waals surface area (Å²) in [4.78, 5) is 60.2. The van der Waals surface area contributed by atoms with Gasteiger partial charge in [-0.25, -0.2) is 14.6 Å². The van der Waals surface area contributed by atoms with Gasteiger partial charge in [0.1, 0.15) is 11.5 Å². The molecule has 0 saturated carbocycles. The largest absolute Gasteiger partial charge is 0.465 e. The first kappa shape index (κ1) is 53.5. The van der Waals surface area contributed by atoms with Crippen LogP contribution in [0.2, 0.25) is 0 Å². The SMILES string of the molecule is C#Cc1ccccc1C(Cc1ccccc1C)C(=O)CCC(=O)NCCSC[C@@H]1COCCN(Cc2cccc(C(=O)OC)c2)CCOCCOCCN(Cc2cccc(C(=O)OC)n2)CCO1. The summed E-state index contributed by atoms with van der Waals surface area (Å²) in [7, 11) is 2.71. The van der Waals surface area contributed by atoms with Crippen LogP contribution in [0.15, 0.2) is 91.0 Å². The predicted molar refractivity (Wildman–Crippen MR) is 263 cm³/mol. The van der Waals surface area contributed by atoms with Crippen LogP contribution in [0.4, 0.5) is 0 Å². The maximum atomic E-state index is 13.8. The number of amides is 1. The molecule has 1 aliphatic heterocycles. The Labute approximate surface area is 405 Å². The first-order valence-corrected chi connectivity index (χ1v) is 24.3. The van der Waals surface area contributed by atoms with Gasteiger partial charge in [-0.15, -0.1) is 6.42 Å². The Kier molecular flexibility index (Phi) is 23.7. The molecule has 1 unspecified atom stereocenters. The zero-order valence-electron chi connectivity index (χ0n) is 39.7. The Morgan fingerprint density at radius 2 is 1.49 bits per heavy atom. The minimum Gasteiger partial charge on any atom is -0.465 e. The highest BCUT2D eigenvalue weighted by Gasteiger charge is 2.25. The summed E-state index contributed by atoms with van der Waals surface area (Å²) in [6.07, 6.45) is 6.27. The van der Waals surface area contributed by atoms with Gasteiger partial charge in [-0.05, 0) is 65.9 Å². The van der Waals surface area contributed by atoms with Gasteiger partial charge in [0.15, 0.2) is 0 Å². The molecular formula is C53H66N4O10S. The lowest BCUT2D eigenvalue weighted by Gasteiger charge is -2.26. The second-order valence-electron chi connectivity index (χ2n) is 16.3. The third-order valence-electron chi connectivity index (χ3n) is 11.5. The molecule has 1 saturated heterocycles. The highest BCUT2D eigenvalue weighted by atomic mass is 32.2. The number of aromatic nitrogens is 1. The third-order valence-corrected chi connectivity index (χ3v) is 12.6. The highest BCUT2D eigenvalue weighted by Crippen LogP contribution is 2.28. The molecule has 2 heterocycles. The Morgan fingerprint density at radius 1 is 0.794 bits per heavy atom. The number of benzene rings is 3. The number of carbonyl (C=O) groups is 4. The van der Waals surface area contributed by atoms with Crippen molar-refractivity contribution in [2.75, 3.05) is 105 Å². The van der Waals surface area contributed by atoms with E-state index in [0.717, 1.165) is 27.9 Å². The topological polar surface area (TPSA) is 155 Å². The second kappa shape index (κ2) is 30.1. The molecule has 5 rings (SSSR count). The number of ether oxygens (including phenoxy) is 6. The molecule has 68 heavy (non-hydrogen) atoms. The molecule has 0 aliphatic carbocycles. The van der Waals surface area contributed by atoms with Crippen LogP contribution in [0.1, 0.15) is 73.1 Å². The van der Waals surface area contributed by atoms with E-state index in [2.05, 4.69) is 26.0 Å². The van der Waals surface area contributed by atoms with Gasteiger partial charge in [-0.3, -0.25) is 19.4 Å². The number of hydrogen-bond donors (Lipinski definition) is 1. The number of pyridine rings is 1. The summed E-state index contributed by atoms with van der Waals surface area (Å²) >= 11 is 1.65. The number of esters is 2. The predicted octanol–water partition coefficient (Wildman–Crippen LogP) is 5.92. The van der Waals surface area contributed by atoms with E-state index < -0.39 is 11.9 Å². The van der Waals surface area contributed by atoms with E-state index in [4.69, 9.17) is 34.8 Å². The van der Waals surface area contributed by atoms with Crippen LogP contribution in [-0.2, 0) is 57.5 Å². The van der Waals surface area contributed by atoms with Crippen molar-refractivity contribution in [2.24, 2.45) is 0 Å². The molecule has 2 atom stereocenters. The summed E-state index contributed by atoms with van der Waals surface area (Å²) < 4.78 is 34.5. The number of carbonyl (C=O) groups excluding carboxylic acids is 4. The summed E-state index contributed by atoms with van der Waals surface area (Å²) in [5, 5.41) is 3.00. The number of thioether (sulfide) groups is 1. The fraction of sp³-hybridized carbons (Fsp3) is 0.453. The quantitative estimate of drug-likeness (QED) is 0.0713. The summed E-state index contributed by atoms with van der Waals surface area (Å²) in [5.74, 6) is 2.44. The molecule has 3 aromatic carbocycles. The molecule has 364 valence electrons. The lowest BCUT2D eigenvalue weighted by atomic mass is 9.83. The van der Waals surface area contributed by atoms with E-state index in [1.807, 2.05) is 79.7 Å². The molecule has 1 fully saturated rings. The van der Waals surface area contributed by atoms with Crippen LogP contribution in [0.25, 0.3) is 0 Å². The van der Waals surface area contributed by atoms with Crippen LogP contribution < -0.4 is 5.32 Å². The molecule has 0 bridgehead atoms. The molecule has 0 radical (unpaired) electrons. The van der Waals surface area contributed by atoms with Crippen molar-refractivity contribution in [1.82, 2.24) is 20.1 Å². The number of ketones is 1. The lowest BCUT2D eigenvalue weighted by molar-refractivity contribution is -0.126. The average Bonchev–Trinajstić information content (AvgIpc) is 3.36. The first-order valence-electron chi connectivity index (χ1n) is 23.2. The van der Waals surface area contributed by atoms with Gasteiger partial charge in [0, 0.05) is 81.6 Å². The number of nitrogens with zero attached hydrogens (tertiary/aromatic N) is 3. The number of rotatable bonds is 18. The van der Waals surface area contributed by atoms with Crippen molar-refractivity contribution in [3.05, 3.63) is 136 Å². The Bertz CT molecular complexity index is 2250. The van der Waals surface area contributed by atoms with E-state index >= 15 is 0 Å². The molecule has 0 spiro atoms. The fourth-order valence-corrected chi connectivity index (χ4v) is 8.57. The maximum Gasteiger partial charge on any atom is 0.356 e. The van der Waals surface area contributed by atoms with Gasteiger partial charge in [0.2, 0.25) is 5.91 Å². The van der Waals surface area contributed by atoms with E-state index in [1.165, 1.54) is 14.2 Å². The van der Waals surface area contributed by atoms with Crippen molar-refractivity contribution in [3.63, 3.8) is 0 Å². The van der Waals surface area contributed by atoms with Gasteiger partial charge in [-0.1, -0.05) is 66.6 Å². The van der Waals surface area contributed by atoms with Gasteiger partial charge in [-0.2, -0.15) is 11.8 Å². The minimum absolute atomic E-state index is 0.0232. The van der Waals surface area contributed by atoms with Crippen molar-refractivity contribution < 1.29 is 47.6 Å². The monoisotopic (exact) mass is 950 g/mol. The molecule has 4 aromatic rings. The summed E-state index contributed by atoms with van der Waals surface area (Å²) in [5.41, 5.74) is 6.09. The van der Waals surface area contributed by atoms with Crippen LogP contribution in [0.5, 0.6) is 0 Å². The Morgan fingerprint density at radius 3 is 2.24 bits per heavy atom. The third kappa shape index (κ3) is 18.6. The zero-order valence-corrected chi connectivity index (χ0v) is 40.5. The number of Topliss-reactive ketones (excluding diaryl/α,β-unsaturated/α-hetero) is 1. The fourth-order valence-electron chi connectivity index (χ4n) is 7.70. The van der Waals surface area contributed by atoms with E-state index in [1.54, 1.807) is 30.0 Å². The Balaban J connectivity index is 1.16. The molecule has 1 aliphatic rings. The lowest BCUT2D eigenvalue weighted by Crippen LogP contribution is -2.35. The molecule has 1 aromatic heterocycles. The zero-order chi connectivity index (χ0) is 48.4. The van der Waals surface area contributed by atoms with Gasteiger partial charge >= 0.3 is 11.9 Å². The summed E-state index contributed by atoms with van der Waals surface area (Å²) in [6, 6.07) is 28.2. The number of methoxy groups -OCH3 is 2. The van der Waals surface area contributed by atoms with Crippen molar-refractivity contribution in [3.8, 4) is 12.3 Å². The van der Waals surface area contributed by atoms with Crippen LogP contribution in [0, 0.1) is 19.3 Å². The van der Waals surface area contributed by atoms with Gasteiger partial charge in [0.25, 0.3) is 0 Å². The molecule has 14 nitrogen and oxygen atoms in total. The first-order chi connectivity index (χ1) is 33.2. The van der Waals surface area contributed by atoms with E-state index in [0.29, 0.717) is 121 Å². The molecule has 1 N–H and O–H groups in total. The molecular weight excluding hydrogens is 885 g/mol.